The van der Waals surface area contributed by atoms with Gasteiger partial charge in [-0.2, -0.15) is 0 Å². The van der Waals surface area contributed by atoms with E-state index < -0.39 is 10.0 Å². The van der Waals surface area contributed by atoms with Crippen molar-refractivity contribution >= 4 is 32.4 Å². The van der Waals surface area contributed by atoms with Crippen molar-refractivity contribution in [3.05, 3.63) is 41.4 Å². The number of rotatable bonds is 12. The predicted molar refractivity (Wildman–Crippen MR) is 109 cm³/mol. The number of benzene rings is 1. The third-order valence-electron chi connectivity index (χ3n) is 4.02. The van der Waals surface area contributed by atoms with Crippen LogP contribution in [0.1, 0.15) is 51.1 Å². The number of anilines is 1. The lowest BCUT2D eigenvalue weighted by Crippen LogP contribution is -2.26. The molecular weight excluding hydrogens is 382 g/mol. The van der Waals surface area contributed by atoms with Crippen molar-refractivity contribution in [2.45, 2.75) is 56.8 Å². The van der Waals surface area contributed by atoms with Gasteiger partial charge in [0.25, 0.3) is 10.0 Å². The number of hydrogen-bond donors (Lipinski definition) is 2. The maximum absolute atomic E-state index is 12.3. The van der Waals surface area contributed by atoms with Gasteiger partial charge < -0.3 is 5.32 Å². The normalized spacial score (nSPS) is 11.3. The van der Waals surface area contributed by atoms with Crippen LogP contribution in [0, 0.1) is 0 Å². The van der Waals surface area contributed by atoms with Gasteiger partial charge >= 0.3 is 0 Å². The number of aromatic nitrogens is 1. The summed E-state index contributed by atoms with van der Waals surface area (Å²) in [6.07, 6.45) is 7.22. The van der Waals surface area contributed by atoms with E-state index in [9.17, 15) is 13.2 Å². The molecule has 0 unspecified atom stereocenters. The smallest absolute Gasteiger partial charge is 0.263 e. The molecule has 27 heavy (non-hydrogen) atoms. The van der Waals surface area contributed by atoms with Gasteiger partial charge in [-0.25, -0.2) is 13.4 Å². The van der Waals surface area contributed by atoms with Gasteiger partial charge in [0.1, 0.15) is 0 Å². The summed E-state index contributed by atoms with van der Waals surface area (Å²) in [7, 11) is -3.66. The molecule has 0 saturated carbocycles. The Labute approximate surface area is 165 Å². The number of amides is 1. The molecule has 2 N–H and O–H groups in total. The van der Waals surface area contributed by atoms with Gasteiger partial charge in [-0.1, -0.05) is 57.2 Å². The van der Waals surface area contributed by atoms with Gasteiger partial charge in [0.05, 0.1) is 17.0 Å². The highest BCUT2D eigenvalue weighted by molar-refractivity contribution is 7.93. The highest BCUT2D eigenvalue weighted by Gasteiger charge is 2.16. The van der Waals surface area contributed by atoms with Crippen molar-refractivity contribution in [2.24, 2.45) is 0 Å². The first-order valence-corrected chi connectivity index (χ1v) is 11.7. The van der Waals surface area contributed by atoms with Crippen molar-refractivity contribution in [3.8, 4) is 0 Å². The molecular formula is C19H27N3O3S2. The number of nitrogens with one attached hydrogen (secondary N) is 2. The third kappa shape index (κ3) is 7.68. The van der Waals surface area contributed by atoms with Crippen molar-refractivity contribution in [1.29, 1.82) is 0 Å². The summed E-state index contributed by atoms with van der Waals surface area (Å²) >= 11 is 1.17. The van der Waals surface area contributed by atoms with Crippen molar-refractivity contribution in [2.75, 3.05) is 11.3 Å². The molecule has 2 rings (SSSR count). The Morgan fingerprint density at radius 3 is 2.52 bits per heavy atom. The van der Waals surface area contributed by atoms with E-state index in [1.807, 2.05) is 0 Å². The van der Waals surface area contributed by atoms with E-state index >= 15 is 0 Å². The van der Waals surface area contributed by atoms with Crippen LogP contribution in [0.3, 0.4) is 0 Å². The quantitative estimate of drug-likeness (QED) is 0.519. The Hall–Kier alpha value is -1.93. The van der Waals surface area contributed by atoms with E-state index in [-0.39, 0.29) is 22.4 Å². The lowest BCUT2D eigenvalue weighted by atomic mass is 10.1. The summed E-state index contributed by atoms with van der Waals surface area (Å²) in [5.41, 5.74) is 0.561. The largest absolute Gasteiger partial charge is 0.356 e. The SMILES string of the molecule is CCCCCCCCNC(=O)Cc1csc(NS(=O)(=O)c2ccccc2)n1. The lowest BCUT2D eigenvalue weighted by molar-refractivity contribution is -0.120. The summed E-state index contributed by atoms with van der Waals surface area (Å²) in [5, 5.41) is 4.86. The molecule has 0 bridgehead atoms. The van der Waals surface area contributed by atoms with Gasteiger partial charge in [0, 0.05) is 11.9 Å². The lowest BCUT2D eigenvalue weighted by Gasteiger charge is -2.05. The average Bonchev–Trinajstić information content (AvgIpc) is 3.07. The Bertz CT molecular complexity index is 805. The molecule has 0 spiro atoms. The number of carbonyl (C=O) groups excluding carboxylic acids is 1. The molecule has 0 radical (unpaired) electrons. The monoisotopic (exact) mass is 409 g/mol. The second-order valence-electron chi connectivity index (χ2n) is 6.36. The molecule has 1 aromatic heterocycles. The first kappa shape index (κ1) is 21.4. The van der Waals surface area contributed by atoms with Crippen LogP contribution in [0.5, 0.6) is 0 Å². The van der Waals surface area contributed by atoms with Crippen molar-refractivity contribution in [1.82, 2.24) is 10.3 Å². The van der Waals surface area contributed by atoms with E-state index in [0.29, 0.717) is 12.2 Å². The maximum atomic E-state index is 12.3. The van der Waals surface area contributed by atoms with Crippen LogP contribution in [0.2, 0.25) is 0 Å². The minimum absolute atomic E-state index is 0.0914. The van der Waals surface area contributed by atoms with Crippen LogP contribution >= 0.6 is 11.3 Å². The van der Waals surface area contributed by atoms with Crippen LogP contribution in [0.15, 0.2) is 40.6 Å². The van der Waals surface area contributed by atoms with Gasteiger partial charge in [0.15, 0.2) is 5.13 Å². The van der Waals surface area contributed by atoms with E-state index in [2.05, 4.69) is 21.9 Å². The number of thiazole rings is 1. The Balaban J connectivity index is 1.74. The zero-order valence-electron chi connectivity index (χ0n) is 15.6. The highest BCUT2D eigenvalue weighted by Crippen LogP contribution is 2.20. The standard InChI is InChI=1S/C19H27N3O3S2/c1-2-3-4-5-6-10-13-20-18(23)14-16-15-26-19(21-16)22-27(24,25)17-11-8-7-9-12-17/h7-9,11-12,15H,2-6,10,13-14H2,1H3,(H,20,23)(H,21,22). The molecule has 148 valence electrons. The summed E-state index contributed by atoms with van der Waals surface area (Å²) < 4.78 is 27.0. The zero-order chi connectivity index (χ0) is 19.5. The van der Waals surface area contributed by atoms with Crippen LogP contribution in [-0.2, 0) is 21.2 Å². The number of hydrogen-bond acceptors (Lipinski definition) is 5. The molecule has 1 heterocycles. The maximum Gasteiger partial charge on any atom is 0.263 e. The van der Waals surface area contributed by atoms with Crippen LogP contribution in [-0.4, -0.2) is 25.9 Å². The summed E-state index contributed by atoms with van der Waals surface area (Å²) in [6.45, 7) is 2.86. The third-order valence-corrected chi connectivity index (χ3v) is 6.31. The predicted octanol–water partition coefficient (Wildman–Crippen LogP) is 3.96. The average molecular weight is 410 g/mol. The fourth-order valence-corrected chi connectivity index (χ4v) is 4.55. The molecule has 0 atom stereocenters. The van der Waals surface area contributed by atoms with Crippen molar-refractivity contribution < 1.29 is 13.2 Å². The summed E-state index contributed by atoms with van der Waals surface area (Å²) in [5.74, 6) is -0.0914. The zero-order valence-corrected chi connectivity index (χ0v) is 17.2. The summed E-state index contributed by atoms with van der Waals surface area (Å²) in [6, 6.07) is 8.12. The number of carbonyl (C=O) groups is 1. The van der Waals surface area contributed by atoms with E-state index in [0.717, 1.165) is 12.8 Å². The summed E-state index contributed by atoms with van der Waals surface area (Å²) in [4.78, 5) is 16.4. The molecule has 0 aliphatic carbocycles. The molecule has 6 nitrogen and oxygen atoms in total. The molecule has 0 aliphatic heterocycles. The Morgan fingerprint density at radius 1 is 1.07 bits per heavy atom. The minimum Gasteiger partial charge on any atom is -0.356 e. The molecule has 2 aromatic rings. The fraction of sp³-hybridized carbons (Fsp3) is 0.474. The topological polar surface area (TPSA) is 88.2 Å². The first-order chi connectivity index (χ1) is 13.0. The Morgan fingerprint density at radius 2 is 1.78 bits per heavy atom. The minimum atomic E-state index is -3.66. The van der Waals surface area contributed by atoms with Crippen molar-refractivity contribution in [3.63, 3.8) is 0 Å². The van der Waals surface area contributed by atoms with E-state index in [1.165, 1.54) is 49.2 Å². The first-order valence-electron chi connectivity index (χ1n) is 9.30. The Kier molecular flexibility index (Phi) is 8.74. The second kappa shape index (κ2) is 11.0. The molecule has 8 heteroatoms. The molecule has 0 fully saturated rings. The van der Waals surface area contributed by atoms with Gasteiger partial charge in [-0.3, -0.25) is 9.52 Å². The highest BCUT2D eigenvalue weighted by atomic mass is 32.2. The van der Waals surface area contributed by atoms with Crippen LogP contribution < -0.4 is 10.0 Å². The molecule has 1 amide bonds. The van der Waals surface area contributed by atoms with E-state index in [1.54, 1.807) is 23.6 Å². The molecule has 0 saturated heterocycles. The van der Waals surface area contributed by atoms with Crippen LogP contribution in [0.4, 0.5) is 5.13 Å². The van der Waals surface area contributed by atoms with Gasteiger partial charge in [-0.05, 0) is 18.6 Å². The van der Waals surface area contributed by atoms with Gasteiger partial charge in [-0.15, -0.1) is 11.3 Å². The van der Waals surface area contributed by atoms with E-state index in [4.69, 9.17) is 0 Å². The molecule has 1 aromatic carbocycles. The van der Waals surface area contributed by atoms with Crippen LogP contribution in [0.25, 0.3) is 0 Å². The fourth-order valence-electron chi connectivity index (χ4n) is 2.57. The van der Waals surface area contributed by atoms with Gasteiger partial charge in [0.2, 0.25) is 5.91 Å². The molecule has 0 aliphatic rings. The number of sulfonamides is 1. The number of unbranched alkanes of at least 4 members (excludes halogenated alkanes) is 5. The number of nitrogens with zero attached hydrogens (tertiary/aromatic N) is 1. The second-order valence-corrected chi connectivity index (χ2v) is 8.90.